The Morgan fingerprint density at radius 1 is 1.11 bits per heavy atom. The minimum atomic E-state index is -0.341. The number of aromatic nitrogens is 3. The van der Waals surface area contributed by atoms with Gasteiger partial charge in [-0.1, -0.05) is 37.3 Å². The normalized spacial score (nSPS) is 18.6. The molecule has 3 heterocycles. The van der Waals surface area contributed by atoms with E-state index < -0.39 is 0 Å². The van der Waals surface area contributed by atoms with E-state index >= 15 is 0 Å². The number of hydrogen-bond donors (Lipinski definition) is 0. The monoisotopic (exact) mass is 367 g/mol. The van der Waals surface area contributed by atoms with Crippen molar-refractivity contribution in [1.29, 1.82) is 0 Å². The number of hydrogen-bond acceptors (Lipinski definition) is 3. The Kier molecular flexibility index (Phi) is 3.93. The Labute approximate surface area is 157 Å². The second-order valence-electron chi connectivity index (χ2n) is 7.88. The summed E-state index contributed by atoms with van der Waals surface area (Å²) >= 11 is 0. The summed E-state index contributed by atoms with van der Waals surface area (Å²) in [4.78, 5) is 25.9. The van der Waals surface area contributed by atoms with Crippen LogP contribution in [-0.4, -0.2) is 20.3 Å². The Bertz CT molecular complexity index is 1150. The van der Waals surface area contributed by atoms with Gasteiger partial charge in [-0.05, 0) is 25.8 Å². The number of benzene rings is 1. The van der Waals surface area contributed by atoms with Crippen LogP contribution in [0.3, 0.4) is 0 Å². The molecule has 1 unspecified atom stereocenters. The van der Waals surface area contributed by atoms with E-state index in [1.54, 1.807) is 11.6 Å². The van der Waals surface area contributed by atoms with Crippen molar-refractivity contribution in [2.75, 3.05) is 6.61 Å². The molecule has 1 aliphatic heterocycles. The molecule has 0 spiro atoms. The third kappa shape index (κ3) is 2.36. The average Bonchev–Trinajstić information content (AvgIpc) is 3.03. The molecular weight excluding hydrogens is 342 g/mol. The van der Waals surface area contributed by atoms with Gasteiger partial charge in [0, 0.05) is 14.1 Å². The quantitative estimate of drug-likeness (QED) is 0.700. The molecule has 0 aliphatic carbocycles. The number of nitrogens with zero attached hydrogens (tertiary/aromatic N) is 3. The highest BCUT2D eigenvalue weighted by molar-refractivity contribution is 5.96. The fourth-order valence-electron chi connectivity index (χ4n) is 4.25. The average molecular weight is 367 g/mol. The van der Waals surface area contributed by atoms with Crippen LogP contribution in [0, 0.1) is 0 Å². The largest absolute Gasteiger partial charge is 0.369 e. The van der Waals surface area contributed by atoms with Crippen LogP contribution in [0.4, 0.5) is 0 Å². The Morgan fingerprint density at radius 2 is 1.78 bits per heavy atom. The smallest absolute Gasteiger partial charge is 0.331 e. The molecule has 27 heavy (non-hydrogen) atoms. The third-order valence-electron chi connectivity index (χ3n) is 5.57. The molecule has 6 heteroatoms. The van der Waals surface area contributed by atoms with Crippen LogP contribution in [0.25, 0.3) is 22.2 Å². The van der Waals surface area contributed by atoms with Gasteiger partial charge in [0.1, 0.15) is 0 Å². The zero-order valence-electron chi connectivity index (χ0n) is 16.4. The molecule has 0 bridgehead atoms. The highest BCUT2D eigenvalue weighted by Gasteiger charge is 2.39. The predicted octanol–water partition coefficient (Wildman–Crippen LogP) is 2.92. The maximum atomic E-state index is 13.2. The first-order chi connectivity index (χ1) is 12.8. The van der Waals surface area contributed by atoms with Crippen LogP contribution < -0.4 is 11.2 Å². The van der Waals surface area contributed by atoms with Gasteiger partial charge in [-0.15, -0.1) is 0 Å². The van der Waals surface area contributed by atoms with Crippen LogP contribution in [0.15, 0.2) is 39.9 Å². The summed E-state index contributed by atoms with van der Waals surface area (Å²) in [5.41, 5.74) is 2.50. The van der Waals surface area contributed by atoms with Crippen LogP contribution in [0.5, 0.6) is 0 Å². The van der Waals surface area contributed by atoms with Gasteiger partial charge >= 0.3 is 5.69 Å². The second-order valence-corrected chi connectivity index (χ2v) is 7.88. The number of ether oxygens (including phenoxy) is 1. The lowest BCUT2D eigenvalue weighted by molar-refractivity contribution is -0.0291. The molecule has 6 nitrogen and oxygen atoms in total. The molecular formula is C21H25N3O3. The van der Waals surface area contributed by atoms with Crippen LogP contribution in [0.2, 0.25) is 0 Å². The van der Waals surface area contributed by atoms with E-state index in [0.29, 0.717) is 17.5 Å². The molecule has 0 radical (unpaired) electrons. The molecule has 4 rings (SSSR count). The van der Waals surface area contributed by atoms with E-state index in [4.69, 9.17) is 4.74 Å². The van der Waals surface area contributed by atoms with Gasteiger partial charge in [0.15, 0.2) is 0 Å². The first-order valence-corrected chi connectivity index (χ1v) is 9.31. The lowest BCUT2D eigenvalue weighted by Crippen LogP contribution is -2.40. The zero-order chi connectivity index (χ0) is 19.5. The summed E-state index contributed by atoms with van der Waals surface area (Å²) in [6.45, 7) is 6.83. The van der Waals surface area contributed by atoms with Crippen molar-refractivity contribution < 1.29 is 4.74 Å². The summed E-state index contributed by atoms with van der Waals surface area (Å²) in [7, 11) is 3.27. The lowest BCUT2D eigenvalue weighted by Gasteiger charge is -2.39. The first-order valence-electron chi connectivity index (χ1n) is 9.31. The second kappa shape index (κ2) is 5.96. The van der Waals surface area contributed by atoms with Crippen molar-refractivity contribution in [3.8, 4) is 11.3 Å². The third-order valence-corrected chi connectivity index (χ3v) is 5.57. The van der Waals surface area contributed by atoms with Gasteiger partial charge in [0.25, 0.3) is 5.56 Å². The standard InChI is InChI=1S/C21H25N3O3/c1-6-14-17-18-15(19(25)23(5)20(26)22(18)4)16(13-10-8-7-9-11-13)24(17)21(2,3)12-27-14/h7-11,14H,6,12H2,1-5H3. The molecule has 2 aromatic heterocycles. The molecule has 1 aromatic carbocycles. The maximum Gasteiger partial charge on any atom is 0.331 e. The van der Waals surface area contributed by atoms with E-state index in [0.717, 1.165) is 23.4 Å². The van der Waals surface area contributed by atoms with Crippen molar-refractivity contribution in [1.82, 2.24) is 13.7 Å². The number of rotatable bonds is 2. The molecule has 0 N–H and O–H groups in total. The fourth-order valence-corrected chi connectivity index (χ4v) is 4.25. The van der Waals surface area contributed by atoms with E-state index in [1.165, 1.54) is 11.6 Å². The van der Waals surface area contributed by atoms with Gasteiger partial charge in [0.05, 0.1) is 40.5 Å². The summed E-state index contributed by atoms with van der Waals surface area (Å²) < 4.78 is 11.1. The van der Waals surface area contributed by atoms with Crippen LogP contribution >= 0.6 is 0 Å². The minimum Gasteiger partial charge on any atom is -0.369 e. The number of aryl methyl sites for hydroxylation is 1. The fraction of sp³-hybridized carbons (Fsp3) is 0.429. The van der Waals surface area contributed by atoms with Gasteiger partial charge in [0.2, 0.25) is 0 Å². The molecule has 0 saturated carbocycles. The zero-order valence-corrected chi connectivity index (χ0v) is 16.4. The van der Waals surface area contributed by atoms with Crippen molar-refractivity contribution in [2.45, 2.75) is 38.8 Å². The highest BCUT2D eigenvalue weighted by Crippen LogP contribution is 2.44. The molecule has 0 fully saturated rings. The predicted molar refractivity (Wildman–Crippen MR) is 106 cm³/mol. The van der Waals surface area contributed by atoms with Crippen LogP contribution in [-0.2, 0) is 24.4 Å². The maximum absolute atomic E-state index is 13.2. The van der Waals surface area contributed by atoms with Crippen molar-refractivity contribution >= 4 is 10.9 Å². The molecule has 1 atom stereocenters. The lowest BCUT2D eigenvalue weighted by atomic mass is 10.0. The SMILES string of the molecule is CCC1OCC(C)(C)n2c(-c3ccccc3)c3c(=O)n(C)c(=O)n(C)c3c21. The first kappa shape index (κ1) is 17.8. The summed E-state index contributed by atoms with van der Waals surface area (Å²) in [6.07, 6.45) is 0.614. The Morgan fingerprint density at radius 3 is 2.41 bits per heavy atom. The Hall–Kier alpha value is -2.60. The summed E-state index contributed by atoms with van der Waals surface area (Å²) in [6, 6.07) is 9.93. The van der Waals surface area contributed by atoms with Gasteiger partial charge < -0.3 is 9.30 Å². The summed E-state index contributed by atoms with van der Waals surface area (Å²) in [5, 5.41) is 0.581. The Balaban J connectivity index is 2.33. The van der Waals surface area contributed by atoms with Crippen molar-refractivity contribution in [3.05, 3.63) is 56.9 Å². The van der Waals surface area contributed by atoms with E-state index in [9.17, 15) is 9.59 Å². The van der Waals surface area contributed by atoms with Crippen LogP contribution in [0.1, 0.15) is 39.0 Å². The highest BCUT2D eigenvalue weighted by atomic mass is 16.5. The van der Waals surface area contributed by atoms with E-state index in [-0.39, 0.29) is 22.9 Å². The minimum absolute atomic E-state index is 0.157. The van der Waals surface area contributed by atoms with Crippen molar-refractivity contribution in [3.63, 3.8) is 0 Å². The van der Waals surface area contributed by atoms with Gasteiger partial charge in [-0.25, -0.2) is 4.79 Å². The van der Waals surface area contributed by atoms with Crippen molar-refractivity contribution in [2.24, 2.45) is 14.1 Å². The number of fused-ring (bicyclic) bond motifs is 3. The molecule has 0 amide bonds. The van der Waals surface area contributed by atoms with Gasteiger partial charge in [-0.2, -0.15) is 0 Å². The molecule has 0 saturated heterocycles. The molecule has 1 aliphatic rings. The molecule has 3 aromatic rings. The molecule has 142 valence electrons. The van der Waals surface area contributed by atoms with E-state index in [2.05, 4.69) is 25.3 Å². The van der Waals surface area contributed by atoms with Gasteiger partial charge in [-0.3, -0.25) is 13.9 Å². The summed E-state index contributed by atoms with van der Waals surface area (Å²) in [5.74, 6) is 0. The topological polar surface area (TPSA) is 58.2 Å². The van der Waals surface area contributed by atoms with E-state index in [1.807, 2.05) is 30.3 Å².